The van der Waals surface area contributed by atoms with Crippen LogP contribution in [-0.2, 0) is 0 Å². The fourth-order valence-corrected chi connectivity index (χ4v) is 6.12. The lowest BCUT2D eigenvalue weighted by Crippen LogP contribution is -2.84. The second-order valence-electron chi connectivity index (χ2n) is 10.4. The second-order valence-corrected chi connectivity index (χ2v) is 10.7. The lowest BCUT2D eigenvalue weighted by Gasteiger charge is -2.61. The predicted octanol–water partition coefficient (Wildman–Crippen LogP) is 0.966. The van der Waals surface area contributed by atoms with Crippen LogP contribution in [-0.4, -0.2) is 84.6 Å². The molecule has 42 heavy (non-hydrogen) atoms. The fourth-order valence-electron chi connectivity index (χ4n) is 5.75. The van der Waals surface area contributed by atoms with Crippen molar-refractivity contribution >= 4 is 23.3 Å². The first-order valence-electron chi connectivity index (χ1n) is 12.1. The minimum Gasteiger partial charge on any atom is -0.505 e. The van der Waals surface area contributed by atoms with Crippen LogP contribution in [0.15, 0.2) is 24.3 Å². The van der Waals surface area contributed by atoms with Gasteiger partial charge in [0.15, 0.2) is 34.5 Å². The molecule has 4 unspecified atom stereocenters. The van der Waals surface area contributed by atoms with Crippen LogP contribution in [0.25, 0.3) is 11.1 Å². The number of carboxylic acids is 1. The molecule has 0 aromatic heterocycles. The second kappa shape index (κ2) is 9.06. The number of phenols is 7. The van der Waals surface area contributed by atoms with Crippen LogP contribution in [0.2, 0.25) is 5.02 Å². The van der Waals surface area contributed by atoms with Crippen molar-refractivity contribution in [1.29, 1.82) is 0 Å². The molecule has 14 N–H and O–H groups in total. The molecule has 1 fully saturated rings. The molecule has 2 aliphatic rings. The first-order chi connectivity index (χ1) is 19.4. The summed E-state index contributed by atoms with van der Waals surface area (Å²) in [4.78, 5) is 11.4. The summed E-state index contributed by atoms with van der Waals surface area (Å²) < 4.78 is 0. The van der Waals surface area contributed by atoms with E-state index in [1.54, 1.807) is 6.92 Å². The number of aliphatic hydroxyl groups is 4. The fraction of sp³-hybridized carbons (Fsp3) is 0.269. The highest BCUT2D eigenvalue weighted by Gasteiger charge is 2.69. The van der Waals surface area contributed by atoms with Crippen LogP contribution in [0.1, 0.15) is 46.7 Å². The summed E-state index contributed by atoms with van der Waals surface area (Å²) in [7, 11) is 0. The van der Waals surface area contributed by atoms with E-state index in [-0.39, 0.29) is 27.3 Å². The third-order valence-corrected chi connectivity index (χ3v) is 8.22. The van der Waals surface area contributed by atoms with E-state index in [0.29, 0.717) is 0 Å². The van der Waals surface area contributed by atoms with Crippen molar-refractivity contribution in [3.63, 3.8) is 0 Å². The maximum atomic E-state index is 11.4. The molecule has 4 atom stereocenters. The molecule has 0 spiro atoms. The van der Waals surface area contributed by atoms with Crippen molar-refractivity contribution in [3.05, 3.63) is 46.0 Å². The molecule has 0 amide bonds. The van der Waals surface area contributed by atoms with Gasteiger partial charge >= 0.3 is 5.97 Å². The predicted molar refractivity (Wildman–Crippen MR) is 142 cm³/mol. The molecular weight excluding hydrogens is 584 g/mol. The van der Waals surface area contributed by atoms with Crippen molar-refractivity contribution in [1.82, 2.24) is 5.32 Å². The number of anilines is 1. The van der Waals surface area contributed by atoms with E-state index in [1.165, 1.54) is 18.2 Å². The number of aromatic carboxylic acids is 1. The van der Waals surface area contributed by atoms with Crippen LogP contribution in [0, 0.1) is 0 Å². The van der Waals surface area contributed by atoms with E-state index in [1.807, 2.05) is 5.32 Å². The summed E-state index contributed by atoms with van der Waals surface area (Å²) in [5.74, 6) is -13.9. The summed E-state index contributed by atoms with van der Waals surface area (Å²) in [6.07, 6.45) is -0.883. The average Bonchev–Trinajstić information content (AvgIpc) is 2.90. The summed E-state index contributed by atoms with van der Waals surface area (Å²) in [5.41, 5.74) is -6.94. The Balaban J connectivity index is 1.48. The number of hydrogen-bond donors (Lipinski definition) is 14. The van der Waals surface area contributed by atoms with Gasteiger partial charge < -0.3 is 66.6 Å². The molecule has 15 nitrogen and oxygen atoms in total. The number of carboxylic acid groups (broad SMARTS) is 1. The van der Waals surface area contributed by atoms with Crippen molar-refractivity contribution in [2.45, 2.75) is 42.5 Å². The molecular formula is C26H25ClN2O13. The molecule has 3 aromatic rings. The number of aromatic hydroxyl groups is 7. The molecule has 0 radical (unpaired) electrons. The number of rotatable bonds is 6. The monoisotopic (exact) mass is 608 g/mol. The molecule has 1 aliphatic carbocycles. The lowest BCUT2D eigenvalue weighted by molar-refractivity contribution is -0.351. The first-order valence-corrected chi connectivity index (χ1v) is 12.5. The van der Waals surface area contributed by atoms with Crippen LogP contribution in [0.5, 0.6) is 40.2 Å². The quantitative estimate of drug-likeness (QED) is 0.105. The minimum atomic E-state index is -3.54. The van der Waals surface area contributed by atoms with Gasteiger partial charge in [-0.1, -0.05) is 30.7 Å². The number of fused-ring (bicyclic) bond motifs is 1. The maximum Gasteiger partial charge on any atom is 0.335 e. The van der Waals surface area contributed by atoms with Gasteiger partial charge in [-0.05, 0) is 29.2 Å². The molecule has 1 saturated heterocycles. The highest BCUT2D eigenvalue weighted by Crippen LogP contribution is 2.65. The Bertz CT molecular complexity index is 1670. The molecule has 224 valence electrons. The van der Waals surface area contributed by atoms with E-state index < -0.39 is 93.1 Å². The number of carbonyl (C=O) groups is 1. The zero-order valence-electron chi connectivity index (χ0n) is 21.3. The van der Waals surface area contributed by atoms with Gasteiger partial charge in [-0.3, -0.25) is 5.32 Å². The Kier molecular flexibility index (Phi) is 6.28. The Labute approximate surface area is 240 Å². The summed E-state index contributed by atoms with van der Waals surface area (Å²) >= 11 is 6.06. The van der Waals surface area contributed by atoms with Crippen molar-refractivity contribution in [2.24, 2.45) is 0 Å². The van der Waals surface area contributed by atoms with E-state index in [9.17, 15) is 66.1 Å². The number of phenolic OH excluding ortho intramolecular Hbond substituents is 7. The van der Waals surface area contributed by atoms with E-state index in [0.717, 1.165) is 6.07 Å². The normalized spacial score (nSPS) is 24.8. The first kappa shape index (κ1) is 29.1. The highest BCUT2D eigenvalue weighted by molar-refractivity contribution is 6.33. The highest BCUT2D eigenvalue weighted by atomic mass is 35.5. The summed E-state index contributed by atoms with van der Waals surface area (Å²) in [6.45, 7) is 1.55. The average molecular weight is 609 g/mol. The number of hydrogen-bond acceptors (Lipinski definition) is 14. The largest absolute Gasteiger partial charge is 0.505 e. The van der Waals surface area contributed by atoms with E-state index in [2.05, 4.69) is 5.32 Å². The SMILES string of the molecule is CC1c2c(Cl)c(O)c(O)c(O)c2C1C1(O)CC(O)(C(O)(O)Nc2c(O)c(O)c(O)c(-c3cccc(C(=O)O)c3)c2O)N1. The number of benzene rings is 3. The Morgan fingerprint density at radius 3 is 2.12 bits per heavy atom. The van der Waals surface area contributed by atoms with Crippen LogP contribution in [0.4, 0.5) is 5.69 Å². The molecule has 16 heteroatoms. The van der Waals surface area contributed by atoms with Crippen molar-refractivity contribution in [2.75, 3.05) is 5.32 Å². The van der Waals surface area contributed by atoms with Crippen LogP contribution < -0.4 is 10.6 Å². The standard InChI is InChI=1S/C26H25ClN2O13/c1-7-10-12(18(32)21(35)19(33)14(10)27)13(7)24(39)6-25(40,29-24)26(41,42)28-15-16(30)11(17(31)22(36)20(15)34)8-3-2-4-9(5-8)23(37)38/h2-5,7,13,28-36,39-42H,6H2,1H3,(H,37,38). The zero-order chi connectivity index (χ0) is 31.3. The molecule has 1 heterocycles. The van der Waals surface area contributed by atoms with Gasteiger partial charge in [-0.25, -0.2) is 4.79 Å². The molecule has 0 saturated carbocycles. The Hall–Kier alpha value is -4.38. The van der Waals surface area contributed by atoms with Crippen molar-refractivity contribution < 1.29 is 66.1 Å². The van der Waals surface area contributed by atoms with Gasteiger partial charge in [-0.2, -0.15) is 0 Å². The Morgan fingerprint density at radius 1 is 0.929 bits per heavy atom. The van der Waals surface area contributed by atoms with Crippen LogP contribution in [0.3, 0.4) is 0 Å². The third-order valence-electron chi connectivity index (χ3n) is 7.84. The van der Waals surface area contributed by atoms with E-state index in [4.69, 9.17) is 11.6 Å². The van der Waals surface area contributed by atoms with Gasteiger partial charge in [0.2, 0.25) is 11.5 Å². The minimum absolute atomic E-state index is 0.0683. The third kappa shape index (κ3) is 3.83. The number of halogens is 1. The van der Waals surface area contributed by atoms with Gasteiger partial charge in [0.1, 0.15) is 11.4 Å². The van der Waals surface area contributed by atoms with Gasteiger partial charge in [0.25, 0.3) is 5.91 Å². The van der Waals surface area contributed by atoms with Crippen LogP contribution >= 0.6 is 11.6 Å². The van der Waals surface area contributed by atoms with Gasteiger partial charge in [-0.15, -0.1) is 0 Å². The molecule has 5 rings (SSSR count). The Morgan fingerprint density at radius 2 is 1.52 bits per heavy atom. The molecule has 3 aromatic carbocycles. The molecule has 1 aliphatic heterocycles. The summed E-state index contributed by atoms with van der Waals surface area (Å²) in [6, 6.07) is 4.71. The van der Waals surface area contributed by atoms with E-state index >= 15 is 0 Å². The summed E-state index contributed by atoms with van der Waals surface area (Å²) in [5, 5.41) is 129. The number of nitrogens with one attached hydrogen (secondary N) is 2. The van der Waals surface area contributed by atoms with Crippen molar-refractivity contribution in [3.8, 4) is 51.4 Å². The molecule has 0 bridgehead atoms. The smallest absolute Gasteiger partial charge is 0.335 e. The van der Waals surface area contributed by atoms with Gasteiger partial charge in [0.05, 0.1) is 16.1 Å². The topological polar surface area (TPSA) is 284 Å². The van der Waals surface area contributed by atoms with Gasteiger partial charge in [0, 0.05) is 17.9 Å². The maximum absolute atomic E-state index is 11.4. The zero-order valence-corrected chi connectivity index (χ0v) is 22.1. The lowest BCUT2D eigenvalue weighted by atomic mass is 9.59.